The van der Waals surface area contributed by atoms with Crippen molar-refractivity contribution in [3.8, 4) is 6.07 Å². The molecular formula is C24H31N3O. The molecule has 28 heavy (non-hydrogen) atoms. The summed E-state index contributed by atoms with van der Waals surface area (Å²) in [5.74, 6) is 2.98. The third-order valence-electron chi connectivity index (χ3n) is 7.86. The molecule has 148 valence electrons. The summed E-state index contributed by atoms with van der Waals surface area (Å²) >= 11 is 0. The third kappa shape index (κ3) is 3.35. The van der Waals surface area contributed by atoms with Crippen molar-refractivity contribution in [2.75, 3.05) is 26.2 Å². The van der Waals surface area contributed by atoms with Gasteiger partial charge in [0.05, 0.1) is 17.0 Å². The van der Waals surface area contributed by atoms with Gasteiger partial charge in [0.15, 0.2) is 0 Å². The van der Waals surface area contributed by atoms with Crippen molar-refractivity contribution in [3.63, 3.8) is 0 Å². The van der Waals surface area contributed by atoms with Gasteiger partial charge >= 0.3 is 0 Å². The van der Waals surface area contributed by atoms with E-state index in [0.717, 1.165) is 56.9 Å². The molecule has 1 aliphatic heterocycles. The highest BCUT2D eigenvalue weighted by Gasteiger charge is 2.55. The second-order valence-electron chi connectivity index (χ2n) is 9.93. The number of nitrogens with zero attached hydrogens (tertiary/aromatic N) is 3. The average molecular weight is 378 g/mol. The largest absolute Gasteiger partial charge is 0.341 e. The van der Waals surface area contributed by atoms with Crippen molar-refractivity contribution < 1.29 is 4.79 Å². The standard InChI is InChI=1S/C24H31N3O/c25-16-18-2-4-19(5-3-18)17-26-6-1-7-27(9-8-26)23(28)24-13-20-10-21(14-24)12-22(11-20)15-24/h2-5,20-22H,1,6-15,17H2. The predicted octanol–water partition coefficient (Wildman–Crippen LogP) is 3.81. The Morgan fingerprint density at radius 2 is 1.61 bits per heavy atom. The Balaban J connectivity index is 1.22. The minimum atomic E-state index is -0.00293. The summed E-state index contributed by atoms with van der Waals surface area (Å²) in [5, 5.41) is 8.96. The van der Waals surface area contributed by atoms with Crippen LogP contribution in [0.2, 0.25) is 0 Å². The minimum Gasteiger partial charge on any atom is -0.341 e. The Morgan fingerprint density at radius 1 is 0.964 bits per heavy atom. The molecule has 5 aliphatic rings. The maximum Gasteiger partial charge on any atom is 0.228 e. The maximum absolute atomic E-state index is 13.6. The van der Waals surface area contributed by atoms with Crippen LogP contribution >= 0.6 is 0 Å². The molecule has 4 aliphatic carbocycles. The van der Waals surface area contributed by atoms with Gasteiger partial charge in [-0.05, 0) is 80.4 Å². The first-order valence-corrected chi connectivity index (χ1v) is 11.1. The number of rotatable bonds is 3. The van der Waals surface area contributed by atoms with Crippen LogP contribution in [0, 0.1) is 34.5 Å². The van der Waals surface area contributed by atoms with E-state index in [1.165, 1.54) is 44.1 Å². The number of benzene rings is 1. The summed E-state index contributed by atoms with van der Waals surface area (Å²) in [7, 11) is 0. The summed E-state index contributed by atoms with van der Waals surface area (Å²) in [4.78, 5) is 18.3. The molecule has 0 aromatic heterocycles. The Hall–Kier alpha value is -1.86. The van der Waals surface area contributed by atoms with Crippen molar-refractivity contribution in [1.82, 2.24) is 9.80 Å². The molecule has 1 amide bonds. The monoisotopic (exact) mass is 377 g/mol. The van der Waals surface area contributed by atoms with Crippen LogP contribution in [0.3, 0.4) is 0 Å². The van der Waals surface area contributed by atoms with Gasteiger partial charge in [-0.2, -0.15) is 5.26 Å². The molecule has 0 unspecified atom stereocenters. The van der Waals surface area contributed by atoms with E-state index >= 15 is 0 Å². The number of carbonyl (C=O) groups is 1. The Kier molecular flexibility index (Phi) is 4.67. The predicted molar refractivity (Wildman–Crippen MR) is 108 cm³/mol. The van der Waals surface area contributed by atoms with Gasteiger partial charge in [0.2, 0.25) is 5.91 Å². The lowest BCUT2D eigenvalue weighted by molar-refractivity contribution is -0.157. The summed E-state index contributed by atoms with van der Waals surface area (Å²) in [6.45, 7) is 4.70. The number of hydrogen-bond donors (Lipinski definition) is 0. The summed E-state index contributed by atoms with van der Waals surface area (Å²) < 4.78 is 0. The number of amides is 1. The molecule has 1 aromatic rings. The maximum atomic E-state index is 13.6. The second kappa shape index (κ2) is 7.19. The number of carbonyl (C=O) groups excluding carboxylic acids is 1. The average Bonchev–Trinajstić information content (AvgIpc) is 2.92. The van der Waals surface area contributed by atoms with Crippen LogP contribution in [0.15, 0.2) is 24.3 Å². The lowest BCUT2D eigenvalue weighted by Gasteiger charge is -2.56. The fourth-order valence-electron chi connectivity index (χ4n) is 6.98. The summed E-state index contributed by atoms with van der Waals surface area (Å²) in [6.07, 6.45) is 8.75. The molecule has 1 saturated heterocycles. The van der Waals surface area contributed by atoms with E-state index in [2.05, 4.69) is 28.0 Å². The molecule has 6 rings (SSSR count). The molecule has 1 heterocycles. The van der Waals surface area contributed by atoms with Crippen molar-refractivity contribution in [3.05, 3.63) is 35.4 Å². The van der Waals surface area contributed by atoms with E-state index in [1.807, 2.05) is 12.1 Å². The quantitative estimate of drug-likeness (QED) is 0.805. The molecule has 4 heteroatoms. The van der Waals surface area contributed by atoms with Crippen molar-refractivity contribution in [2.45, 2.75) is 51.5 Å². The highest BCUT2D eigenvalue weighted by atomic mass is 16.2. The SMILES string of the molecule is N#Cc1ccc(CN2CCCN(C(=O)C34CC5CC(CC(C5)C3)C4)CC2)cc1. The topological polar surface area (TPSA) is 47.3 Å². The van der Waals surface area contributed by atoms with Gasteiger partial charge in [-0.15, -0.1) is 0 Å². The number of hydrogen-bond acceptors (Lipinski definition) is 3. The van der Waals surface area contributed by atoms with Gasteiger partial charge in [0.1, 0.15) is 0 Å². The minimum absolute atomic E-state index is 0.00293. The molecule has 0 atom stereocenters. The molecule has 0 N–H and O–H groups in total. The van der Waals surface area contributed by atoms with Gasteiger partial charge in [0.25, 0.3) is 0 Å². The number of nitriles is 1. The first-order chi connectivity index (χ1) is 13.6. The third-order valence-corrected chi connectivity index (χ3v) is 7.86. The van der Waals surface area contributed by atoms with E-state index in [9.17, 15) is 4.79 Å². The highest BCUT2D eigenvalue weighted by molar-refractivity contribution is 5.83. The van der Waals surface area contributed by atoms with Crippen LogP contribution in [0.25, 0.3) is 0 Å². The fraction of sp³-hybridized carbons (Fsp3) is 0.667. The zero-order valence-corrected chi connectivity index (χ0v) is 16.8. The van der Waals surface area contributed by atoms with E-state index in [1.54, 1.807) is 0 Å². The molecule has 5 fully saturated rings. The van der Waals surface area contributed by atoms with Crippen LogP contribution < -0.4 is 0 Å². The normalized spacial score (nSPS) is 34.8. The molecule has 4 nitrogen and oxygen atoms in total. The van der Waals surface area contributed by atoms with Crippen molar-refractivity contribution >= 4 is 5.91 Å². The van der Waals surface area contributed by atoms with Crippen molar-refractivity contribution in [2.24, 2.45) is 23.2 Å². The van der Waals surface area contributed by atoms with Gasteiger partial charge in [0, 0.05) is 32.7 Å². The summed E-state index contributed by atoms with van der Waals surface area (Å²) in [6, 6.07) is 10.1. The van der Waals surface area contributed by atoms with E-state index < -0.39 is 0 Å². The van der Waals surface area contributed by atoms with Gasteiger partial charge in [-0.25, -0.2) is 0 Å². The van der Waals surface area contributed by atoms with E-state index in [4.69, 9.17) is 5.26 Å². The zero-order chi connectivity index (χ0) is 19.1. The van der Waals surface area contributed by atoms with Gasteiger partial charge in [-0.1, -0.05) is 12.1 Å². The Morgan fingerprint density at radius 3 is 2.21 bits per heavy atom. The van der Waals surface area contributed by atoms with Crippen LogP contribution in [-0.4, -0.2) is 41.9 Å². The fourth-order valence-corrected chi connectivity index (χ4v) is 6.98. The van der Waals surface area contributed by atoms with Crippen molar-refractivity contribution in [1.29, 1.82) is 5.26 Å². The zero-order valence-electron chi connectivity index (χ0n) is 16.8. The Bertz CT molecular complexity index is 743. The molecule has 4 saturated carbocycles. The van der Waals surface area contributed by atoms with Gasteiger partial charge in [-0.3, -0.25) is 9.69 Å². The second-order valence-corrected chi connectivity index (χ2v) is 9.93. The first-order valence-electron chi connectivity index (χ1n) is 11.1. The van der Waals surface area contributed by atoms with Gasteiger partial charge < -0.3 is 4.90 Å². The van der Waals surface area contributed by atoms with E-state index in [0.29, 0.717) is 11.5 Å². The summed E-state index contributed by atoms with van der Waals surface area (Å²) in [5.41, 5.74) is 1.96. The van der Waals surface area contributed by atoms with E-state index in [-0.39, 0.29) is 5.41 Å². The molecule has 0 spiro atoms. The molecule has 0 radical (unpaired) electrons. The lowest BCUT2D eigenvalue weighted by Crippen LogP contribution is -2.55. The smallest absolute Gasteiger partial charge is 0.228 e. The lowest BCUT2D eigenvalue weighted by atomic mass is 9.49. The van der Waals surface area contributed by atoms with Crippen LogP contribution in [0.4, 0.5) is 0 Å². The molecule has 1 aromatic carbocycles. The molecule has 4 bridgehead atoms. The van der Waals surface area contributed by atoms with Crippen LogP contribution in [0.1, 0.15) is 56.1 Å². The Labute approximate surface area is 168 Å². The first kappa shape index (κ1) is 18.2. The molecular weight excluding hydrogens is 346 g/mol. The van der Waals surface area contributed by atoms with Crippen LogP contribution in [-0.2, 0) is 11.3 Å². The van der Waals surface area contributed by atoms with Crippen LogP contribution in [0.5, 0.6) is 0 Å². The highest BCUT2D eigenvalue weighted by Crippen LogP contribution is 2.60.